The number of aromatic carboxylic acids is 1. The van der Waals surface area contributed by atoms with Crippen LogP contribution in [0.5, 0.6) is 0 Å². The number of nitrogens with zero attached hydrogens (tertiary/aromatic N) is 3. The molecule has 1 aromatic rings. The normalized spacial score (nSPS) is 9.09. The molecule has 1 rings (SSSR count). The van der Waals surface area contributed by atoms with Gasteiger partial charge in [0.2, 0.25) is 0 Å². The van der Waals surface area contributed by atoms with Gasteiger partial charge >= 0.3 is 5.97 Å². The van der Waals surface area contributed by atoms with Crippen LogP contribution in [-0.4, -0.2) is 20.9 Å². The molecule has 1 N–H and O–H groups in total. The highest BCUT2D eigenvalue weighted by atomic mass is 16.4. The highest BCUT2D eigenvalue weighted by molar-refractivity contribution is 5.88. The maximum absolute atomic E-state index is 10.5. The van der Waals surface area contributed by atoms with Crippen LogP contribution < -0.4 is 0 Å². The van der Waals surface area contributed by atoms with Gasteiger partial charge in [-0.15, -0.1) is 0 Å². The third-order valence-corrected chi connectivity index (χ3v) is 1.26. The Hall–Kier alpha value is -1.83. The summed E-state index contributed by atoms with van der Waals surface area (Å²) < 4.78 is 1.15. The average molecular weight is 151 g/mol. The molecule has 0 unspecified atom stereocenters. The first-order chi connectivity index (χ1) is 5.16. The summed E-state index contributed by atoms with van der Waals surface area (Å²) in [5.41, 5.74) is 0.00694. The highest BCUT2D eigenvalue weighted by Gasteiger charge is 2.14. The van der Waals surface area contributed by atoms with E-state index in [9.17, 15) is 4.79 Å². The van der Waals surface area contributed by atoms with Crippen molar-refractivity contribution in [3.8, 4) is 6.07 Å². The number of hydrogen-bond donors (Lipinski definition) is 1. The first-order valence-corrected chi connectivity index (χ1v) is 2.82. The Morgan fingerprint density at radius 1 is 1.91 bits per heavy atom. The molecule has 0 spiro atoms. The number of aryl methyl sites for hydroxylation is 1. The van der Waals surface area contributed by atoms with Gasteiger partial charge in [-0.25, -0.2) is 4.79 Å². The standard InChI is InChI=1S/C6H5N3O2/c1-9-5(6(10)11)4(2-7)3-8-9/h3H,1H3,(H,10,11). The van der Waals surface area contributed by atoms with E-state index in [2.05, 4.69) is 5.10 Å². The van der Waals surface area contributed by atoms with E-state index in [4.69, 9.17) is 10.4 Å². The molecule has 11 heavy (non-hydrogen) atoms. The van der Waals surface area contributed by atoms with E-state index in [1.807, 2.05) is 0 Å². The van der Waals surface area contributed by atoms with Gasteiger partial charge in [0.25, 0.3) is 0 Å². The summed E-state index contributed by atoms with van der Waals surface area (Å²) in [6, 6.07) is 1.73. The van der Waals surface area contributed by atoms with Crippen LogP contribution >= 0.6 is 0 Å². The average Bonchev–Trinajstić information content (AvgIpc) is 2.30. The van der Waals surface area contributed by atoms with Crippen molar-refractivity contribution in [2.24, 2.45) is 7.05 Å². The van der Waals surface area contributed by atoms with Crippen molar-refractivity contribution < 1.29 is 9.90 Å². The summed E-state index contributed by atoms with van der Waals surface area (Å²) in [6.45, 7) is 0. The monoisotopic (exact) mass is 151 g/mol. The smallest absolute Gasteiger partial charge is 0.355 e. The largest absolute Gasteiger partial charge is 0.476 e. The van der Waals surface area contributed by atoms with Crippen LogP contribution in [0.2, 0.25) is 0 Å². The van der Waals surface area contributed by atoms with Crippen molar-refractivity contribution in [2.75, 3.05) is 0 Å². The highest BCUT2D eigenvalue weighted by Crippen LogP contribution is 2.04. The van der Waals surface area contributed by atoms with Crippen LogP contribution in [0.15, 0.2) is 6.20 Å². The predicted octanol–water partition coefficient (Wildman–Crippen LogP) is -0.0100. The minimum absolute atomic E-state index is 0.0764. The van der Waals surface area contributed by atoms with Crippen molar-refractivity contribution in [1.82, 2.24) is 9.78 Å². The fourth-order valence-corrected chi connectivity index (χ4v) is 0.773. The minimum atomic E-state index is -1.14. The van der Waals surface area contributed by atoms with Crippen molar-refractivity contribution in [2.45, 2.75) is 0 Å². The van der Waals surface area contributed by atoms with Gasteiger partial charge in [0, 0.05) is 7.05 Å². The third-order valence-electron chi connectivity index (χ3n) is 1.26. The fourth-order valence-electron chi connectivity index (χ4n) is 0.773. The lowest BCUT2D eigenvalue weighted by atomic mass is 10.3. The quantitative estimate of drug-likeness (QED) is 0.612. The number of carboxylic acid groups (broad SMARTS) is 1. The van der Waals surface area contributed by atoms with Gasteiger partial charge in [0.1, 0.15) is 11.6 Å². The lowest BCUT2D eigenvalue weighted by Gasteiger charge is -1.92. The molecule has 0 atom stereocenters. The van der Waals surface area contributed by atoms with Gasteiger partial charge in [-0.1, -0.05) is 0 Å². The maximum Gasteiger partial charge on any atom is 0.355 e. The summed E-state index contributed by atoms with van der Waals surface area (Å²) in [4.78, 5) is 10.5. The van der Waals surface area contributed by atoms with E-state index in [-0.39, 0.29) is 11.3 Å². The zero-order valence-electron chi connectivity index (χ0n) is 5.77. The molecule has 0 aliphatic carbocycles. The molecule has 0 bridgehead atoms. The first kappa shape index (κ1) is 7.28. The van der Waals surface area contributed by atoms with Gasteiger partial charge in [0.15, 0.2) is 5.69 Å². The van der Waals surface area contributed by atoms with Gasteiger partial charge in [-0.2, -0.15) is 10.4 Å². The van der Waals surface area contributed by atoms with Gasteiger partial charge in [-0.3, -0.25) is 4.68 Å². The van der Waals surface area contributed by atoms with E-state index in [1.165, 1.54) is 13.2 Å². The van der Waals surface area contributed by atoms with Crippen molar-refractivity contribution in [3.05, 3.63) is 17.5 Å². The van der Waals surface area contributed by atoms with E-state index in [0.717, 1.165) is 4.68 Å². The van der Waals surface area contributed by atoms with Gasteiger partial charge < -0.3 is 5.11 Å². The summed E-state index contributed by atoms with van der Waals surface area (Å²) in [5.74, 6) is -1.14. The topological polar surface area (TPSA) is 78.9 Å². The molecule has 1 heterocycles. The SMILES string of the molecule is Cn1ncc(C#N)c1C(=O)O. The van der Waals surface area contributed by atoms with E-state index < -0.39 is 5.97 Å². The van der Waals surface area contributed by atoms with Crippen LogP contribution in [0.25, 0.3) is 0 Å². The van der Waals surface area contributed by atoms with Crippen molar-refractivity contribution in [3.63, 3.8) is 0 Å². The van der Waals surface area contributed by atoms with Gasteiger partial charge in [0.05, 0.1) is 6.20 Å². The second kappa shape index (κ2) is 2.42. The van der Waals surface area contributed by atoms with Crippen molar-refractivity contribution >= 4 is 5.97 Å². The zero-order valence-corrected chi connectivity index (χ0v) is 5.77. The molecular weight excluding hydrogens is 146 g/mol. The number of carbonyl (C=O) groups is 1. The van der Waals surface area contributed by atoms with E-state index in [1.54, 1.807) is 6.07 Å². The first-order valence-electron chi connectivity index (χ1n) is 2.82. The number of nitriles is 1. The molecule has 5 heteroatoms. The fraction of sp³-hybridized carbons (Fsp3) is 0.167. The molecule has 0 aliphatic rings. The lowest BCUT2D eigenvalue weighted by Crippen LogP contribution is -2.06. The summed E-state index contributed by atoms with van der Waals surface area (Å²) in [6.07, 6.45) is 1.23. The maximum atomic E-state index is 10.5. The van der Waals surface area contributed by atoms with Crippen LogP contribution in [0.4, 0.5) is 0 Å². The molecule has 5 nitrogen and oxygen atoms in total. The Kier molecular flexibility index (Phi) is 1.60. The molecule has 0 saturated carbocycles. The van der Waals surface area contributed by atoms with Crippen LogP contribution in [-0.2, 0) is 7.05 Å². The molecule has 0 aromatic carbocycles. The van der Waals surface area contributed by atoms with Crippen LogP contribution in [0.3, 0.4) is 0 Å². The van der Waals surface area contributed by atoms with E-state index in [0.29, 0.717) is 0 Å². The second-order valence-electron chi connectivity index (χ2n) is 1.95. The molecule has 0 amide bonds. The van der Waals surface area contributed by atoms with Crippen molar-refractivity contribution in [1.29, 1.82) is 5.26 Å². The molecule has 0 radical (unpaired) electrons. The molecule has 0 fully saturated rings. The van der Waals surface area contributed by atoms with Crippen LogP contribution in [0.1, 0.15) is 16.1 Å². The second-order valence-corrected chi connectivity index (χ2v) is 1.95. The molecular formula is C6H5N3O2. The Balaban J connectivity index is 3.32. The Morgan fingerprint density at radius 2 is 2.55 bits per heavy atom. The third kappa shape index (κ3) is 1.05. The molecule has 0 aliphatic heterocycles. The minimum Gasteiger partial charge on any atom is -0.476 e. The molecule has 56 valence electrons. The summed E-state index contributed by atoms with van der Waals surface area (Å²) >= 11 is 0. The van der Waals surface area contributed by atoms with Crippen LogP contribution in [0, 0.1) is 11.3 Å². The Bertz CT molecular complexity index is 334. The summed E-state index contributed by atoms with van der Waals surface area (Å²) in [5, 5.41) is 20.6. The number of rotatable bonds is 1. The number of carboxylic acids is 1. The molecule has 0 saturated heterocycles. The zero-order chi connectivity index (χ0) is 8.43. The Morgan fingerprint density at radius 3 is 2.91 bits per heavy atom. The van der Waals surface area contributed by atoms with E-state index >= 15 is 0 Å². The lowest BCUT2D eigenvalue weighted by molar-refractivity contribution is 0.0684. The number of aromatic nitrogens is 2. The van der Waals surface area contributed by atoms with Gasteiger partial charge in [-0.05, 0) is 0 Å². The Labute approximate surface area is 62.5 Å². The predicted molar refractivity (Wildman–Crippen MR) is 34.9 cm³/mol. The summed E-state index contributed by atoms with van der Waals surface area (Å²) in [7, 11) is 1.48. The number of hydrogen-bond acceptors (Lipinski definition) is 3. The molecule has 1 aromatic heterocycles.